The molecule has 0 aliphatic rings. The van der Waals surface area contributed by atoms with E-state index >= 15 is 0 Å². The number of hydrogen-bond donors (Lipinski definition) is 0. The molecule has 0 aromatic heterocycles. The Morgan fingerprint density at radius 2 is 1.62 bits per heavy atom. The maximum Gasteiger partial charge on any atom is 0.254 e. The SMILES string of the molecule is C=C(C)CCC(=O)CN(C)C(=O)c1ccccc1C(C)=O. The monoisotopic (exact) mass is 287 g/mol. The highest BCUT2D eigenvalue weighted by Crippen LogP contribution is 2.12. The largest absolute Gasteiger partial charge is 0.334 e. The van der Waals surface area contributed by atoms with Crippen LogP contribution in [-0.4, -0.2) is 36.0 Å². The number of hydrogen-bond acceptors (Lipinski definition) is 3. The topological polar surface area (TPSA) is 54.5 Å². The summed E-state index contributed by atoms with van der Waals surface area (Å²) in [6.07, 6.45) is 1.01. The second-order valence-corrected chi connectivity index (χ2v) is 5.26. The third kappa shape index (κ3) is 4.99. The van der Waals surface area contributed by atoms with Crippen molar-refractivity contribution in [2.75, 3.05) is 13.6 Å². The first-order chi connectivity index (χ1) is 9.82. The molecule has 4 heteroatoms. The summed E-state index contributed by atoms with van der Waals surface area (Å²) in [7, 11) is 1.57. The Hall–Kier alpha value is -2.23. The molecule has 0 fully saturated rings. The van der Waals surface area contributed by atoms with Crippen molar-refractivity contribution in [3.05, 3.63) is 47.5 Å². The number of carbonyl (C=O) groups is 3. The highest BCUT2D eigenvalue weighted by molar-refractivity contribution is 6.07. The third-order valence-corrected chi connectivity index (χ3v) is 3.13. The van der Waals surface area contributed by atoms with Crippen LogP contribution in [0.2, 0.25) is 0 Å². The number of amides is 1. The van der Waals surface area contributed by atoms with Gasteiger partial charge >= 0.3 is 0 Å². The van der Waals surface area contributed by atoms with E-state index in [1.807, 2.05) is 6.92 Å². The van der Waals surface area contributed by atoms with Crippen molar-refractivity contribution in [3.8, 4) is 0 Å². The van der Waals surface area contributed by atoms with Crippen LogP contribution in [0.15, 0.2) is 36.4 Å². The maximum absolute atomic E-state index is 12.3. The zero-order valence-corrected chi connectivity index (χ0v) is 12.8. The van der Waals surface area contributed by atoms with Crippen LogP contribution in [0.5, 0.6) is 0 Å². The van der Waals surface area contributed by atoms with Gasteiger partial charge in [-0.15, -0.1) is 6.58 Å². The second-order valence-electron chi connectivity index (χ2n) is 5.26. The number of allylic oxidation sites excluding steroid dienone is 1. The lowest BCUT2D eigenvalue weighted by atomic mass is 10.0. The quantitative estimate of drug-likeness (QED) is 0.572. The molecule has 1 aromatic rings. The van der Waals surface area contributed by atoms with Gasteiger partial charge in [0.05, 0.1) is 12.1 Å². The molecule has 1 amide bonds. The number of Topliss-reactive ketones (excluding diaryl/α,β-unsaturated/α-hetero) is 2. The zero-order valence-electron chi connectivity index (χ0n) is 12.8. The van der Waals surface area contributed by atoms with Crippen molar-refractivity contribution in [2.24, 2.45) is 0 Å². The molecule has 0 saturated carbocycles. The van der Waals surface area contributed by atoms with E-state index in [-0.39, 0.29) is 24.0 Å². The molecule has 0 atom stereocenters. The molecule has 21 heavy (non-hydrogen) atoms. The molecular formula is C17H21NO3. The summed E-state index contributed by atoms with van der Waals surface area (Å²) >= 11 is 0. The normalized spacial score (nSPS) is 10.0. The molecule has 0 heterocycles. The summed E-state index contributed by atoms with van der Waals surface area (Å²) in [6, 6.07) is 6.64. The van der Waals surface area contributed by atoms with Gasteiger partial charge in [0.1, 0.15) is 0 Å². The van der Waals surface area contributed by atoms with Crippen LogP contribution in [0, 0.1) is 0 Å². The number of ketones is 2. The Balaban J connectivity index is 2.77. The Bertz CT molecular complexity index is 575. The molecule has 0 spiro atoms. The van der Waals surface area contributed by atoms with Crippen molar-refractivity contribution in [2.45, 2.75) is 26.7 Å². The number of rotatable bonds is 7. The number of likely N-dealkylation sites (N-methyl/N-ethyl adjacent to an activating group) is 1. The van der Waals surface area contributed by atoms with Gasteiger partial charge in [0.25, 0.3) is 5.91 Å². The zero-order chi connectivity index (χ0) is 16.0. The van der Waals surface area contributed by atoms with E-state index in [2.05, 4.69) is 6.58 Å². The van der Waals surface area contributed by atoms with Gasteiger partial charge in [-0.05, 0) is 26.3 Å². The molecule has 112 valence electrons. The van der Waals surface area contributed by atoms with E-state index < -0.39 is 0 Å². The van der Waals surface area contributed by atoms with Crippen LogP contribution >= 0.6 is 0 Å². The molecule has 0 unspecified atom stereocenters. The van der Waals surface area contributed by atoms with E-state index in [4.69, 9.17) is 0 Å². The predicted octanol–water partition coefficient (Wildman–Crippen LogP) is 2.89. The minimum atomic E-state index is -0.315. The highest BCUT2D eigenvalue weighted by Gasteiger charge is 2.19. The first-order valence-corrected chi connectivity index (χ1v) is 6.84. The molecule has 1 rings (SSSR count). The summed E-state index contributed by atoms with van der Waals surface area (Å²) in [5.41, 5.74) is 1.66. The molecule has 0 radical (unpaired) electrons. The van der Waals surface area contributed by atoms with Crippen LogP contribution in [0.3, 0.4) is 0 Å². The predicted molar refractivity (Wildman–Crippen MR) is 82.5 cm³/mol. The lowest BCUT2D eigenvalue weighted by Gasteiger charge is -2.17. The lowest BCUT2D eigenvalue weighted by Crippen LogP contribution is -2.33. The van der Waals surface area contributed by atoms with Gasteiger partial charge in [0.15, 0.2) is 11.6 Å². The van der Waals surface area contributed by atoms with Crippen LogP contribution in [-0.2, 0) is 4.79 Å². The molecule has 0 saturated heterocycles. The average Bonchev–Trinajstić information content (AvgIpc) is 2.44. The van der Waals surface area contributed by atoms with Gasteiger partial charge in [-0.25, -0.2) is 0 Å². The van der Waals surface area contributed by atoms with Crippen molar-refractivity contribution < 1.29 is 14.4 Å². The van der Waals surface area contributed by atoms with E-state index in [1.54, 1.807) is 31.3 Å². The fourth-order valence-corrected chi connectivity index (χ4v) is 1.95. The van der Waals surface area contributed by atoms with Crippen molar-refractivity contribution >= 4 is 17.5 Å². The van der Waals surface area contributed by atoms with Crippen molar-refractivity contribution in [1.29, 1.82) is 0 Å². The average molecular weight is 287 g/mol. The minimum absolute atomic E-state index is 0.0193. The molecule has 4 nitrogen and oxygen atoms in total. The summed E-state index contributed by atoms with van der Waals surface area (Å²) < 4.78 is 0. The smallest absolute Gasteiger partial charge is 0.254 e. The van der Waals surface area contributed by atoms with E-state index in [0.29, 0.717) is 24.0 Å². The standard InChI is InChI=1S/C17H21NO3/c1-12(2)9-10-14(20)11-18(4)17(21)16-8-6-5-7-15(16)13(3)19/h5-8H,1,9-11H2,2-4H3. The summed E-state index contributed by atoms with van der Waals surface area (Å²) in [5.74, 6) is -0.500. The number of benzene rings is 1. The van der Waals surface area contributed by atoms with Crippen LogP contribution in [0.4, 0.5) is 0 Å². The van der Waals surface area contributed by atoms with Crippen LogP contribution in [0.25, 0.3) is 0 Å². The van der Waals surface area contributed by atoms with Crippen molar-refractivity contribution in [3.63, 3.8) is 0 Å². The minimum Gasteiger partial charge on any atom is -0.334 e. The Kier molecular flexibility index (Phi) is 6.03. The number of nitrogens with zero attached hydrogens (tertiary/aromatic N) is 1. The van der Waals surface area contributed by atoms with Crippen molar-refractivity contribution in [1.82, 2.24) is 4.90 Å². The van der Waals surface area contributed by atoms with Gasteiger partial charge in [0.2, 0.25) is 0 Å². The summed E-state index contributed by atoms with van der Waals surface area (Å²) in [6.45, 7) is 7.08. The Morgan fingerprint density at radius 3 is 2.14 bits per heavy atom. The van der Waals surface area contributed by atoms with E-state index in [0.717, 1.165) is 5.57 Å². The first-order valence-electron chi connectivity index (χ1n) is 6.84. The van der Waals surface area contributed by atoms with Gasteiger partial charge < -0.3 is 4.90 Å². The van der Waals surface area contributed by atoms with Gasteiger partial charge in [0, 0.05) is 19.0 Å². The Labute approximate surface area is 125 Å². The van der Waals surface area contributed by atoms with Gasteiger partial charge in [-0.3, -0.25) is 14.4 Å². The lowest BCUT2D eigenvalue weighted by molar-refractivity contribution is -0.119. The first kappa shape index (κ1) is 16.8. The molecule has 0 bridgehead atoms. The van der Waals surface area contributed by atoms with E-state index in [9.17, 15) is 14.4 Å². The molecule has 0 N–H and O–H groups in total. The fraction of sp³-hybridized carbons (Fsp3) is 0.353. The summed E-state index contributed by atoms with van der Waals surface area (Å²) in [5, 5.41) is 0. The Morgan fingerprint density at radius 1 is 1.05 bits per heavy atom. The molecule has 1 aromatic carbocycles. The van der Waals surface area contributed by atoms with Crippen LogP contribution < -0.4 is 0 Å². The molecule has 0 aliphatic heterocycles. The fourth-order valence-electron chi connectivity index (χ4n) is 1.95. The molecular weight excluding hydrogens is 266 g/mol. The number of carbonyl (C=O) groups excluding carboxylic acids is 3. The van der Waals surface area contributed by atoms with Gasteiger partial charge in [-0.1, -0.05) is 23.8 Å². The van der Waals surface area contributed by atoms with E-state index in [1.165, 1.54) is 11.8 Å². The second kappa shape index (κ2) is 7.53. The summed E-state index contributed by atoms with van der Waals surface area (Å²) in [4.78, 5) is 37.1. The van der Waals surface area contributed by atoms with Crippen LogP contribution in [0.1, 0.15) is 47.4 Å². The highest BCUT2D eigenvalue weighted by atomic mass is 16.2. The van der Waals surface area contributed by atoms with Gasteiger partial charge in [-0.2, -0.15) is 0 Å². The third-order valence-electron chi connectivity index (χ3n) is 3.13. The maximum atomic E-state index is 12.3. The molecule has 0 aliphatic carbocycles.